The normalized spacial score (nSPS) is 19.2. The molecule has 2 atom stereocenters. The van der Waals surface area contributed by atoms with Crippen molar-refractivity contribution < 1.29 is 14.6 Å². The standard InChI is InChI=1S/C21H27NO3/c1-21(23,18-8-10-19(24-2)11-9-18)20(17-6-4-3-5-7-17)16-22-12-14-25-15-13-22/h3-11,20,23H,12-16H2,1-2H3. The zero-order chi connectivity index (χ0) is 17.7. The van der Waals surface area contributed by atoms with Crippen molar-refractivity contribution in [1.82, 2.24) is 4.90 Å². The molecule has 0 saturated carbocycles. The number of rotatable bonds is 6. The van der Waals surface area contributed by atoms with Gasteiger partial charge >= 0.3 is 0 Å². The Kier molecular flexibility index (Phi) is 5.74. The van der Waals surface area contributed by atoms with Crippen molar-refractivity contribution in [2.24, 2.45) is 0 Å². The fraction of sp³-hybridized carbons (Fsp3) is 0.429. The quantitative estimate of drug-likeness (QED) is 0.877. The summed E-state index contributed by atoms with van der Waals surface area (Å²) in [5.41, 5.74) is 1.07. The van der Waals surface area contributed by atoms with Crippen LogP contribution in [0.2, 0.25) is 0 Å². The maximum Gasteiger partial charge on any atom is 0.118 e. The number of nitrogens with zero attached hydrogens (tertiary/aromatic N) is 1. The number of hydrogen-bond acceptors (Lipinski definition) is 4. The lowest BCUT2D eigenvalue weighted by molar-refractivity contribution is -0.0107. The van der Waals surface area contributed by atoms with Crippen LogP contribution >= 0.6 is 0 Å². The van der Waals surface area contributed by atoms with Crippen LogP contribution in [0.25, 0.3) is 0 Å². The Hall–Kier alpha value is -1.88. The highest BCUT2D eigenvalue weighted by Crippen LogP contribution is 2.38. The minimum absolute atomic E-state index is 0.0276. The minimum atomic E-state index is -0.980. The van der Waals surface area contributed by atoms with Crippen LogP contribution in [0.1, 0.15) is 24.0 Å². The molecule has 3 rings (SSSR count). The maximum atomic E-state index is 11.5. The Bertz CT molecular complexity index is 649. The van der Waals surface area contributed by atoms with E-state index in [-0.39, 0.29) is 5.92 Å². The molecular formula is C21H27NO3. The van der Waals surface area contributed by atoms with E-state index in [1.807, 2.05) is 49.4 Å². The van der Waals surface area contributed by atoms with Gasteiger partial charge in [0, 0.05) is 25.6 Å². The van der Waals surface area contributed by atoms with Crippen LogP contribution in [-0.4, -0.2) is 50.0 Å². The third-order valence-corrected chi connectivity index (χ3v) is 5.10. The van der Waals surface area contributed by atoms with Crippen molar-refractivity contribution in [1.29, 1.82) is 0 Å². The number of benzene rings is 2. The van der Waals surface area contributed by atoms with Crippen molar-refractivity contribution in [3.63, 3.8) is 0 Å². The van der Waals surface area contributed by atoms with E-state index in [2.05, 4.69) is 17.0 Å². The second-order valence-electron chi connectivity index (χ2n) is 6.75. The maximum absolute atomic E-state index is 11.5. The number of aliphatic hydroxyl groups is 1. The smallest absolute Gasteiger partial charge is 0.118 e. The van der Waals surface area contributed by atoms with Gasteiger partial charge in [-0.15, -0.1) is 0 Å². The lowest BCUT2D eigenvalue weighted by atomic mass is 9.78. The summed E-state index contributed by atoms with van der Waals surface area (Å²) >= 11 is 0. The van der Waals surface area contributed by atoms with Crippen molar-refractivity contribution in [3.8, 4) is 5.75 Å². The van der Waals surface area contributed by atoms with Gasteiger partial charge in [-0.1, -0.05) is 42.5 Å². The zero-order valence-corrected chi connectivity index (χ0v) is 15.0. The molecule has 4 nitrogen and oxygen atoms in total. The second kappa shape index (κ2) is 8.00. The van der Waals surface area contributed by atoms with Crippen LogP contribution in [-0.2, 0) is 10.3 Å². The monoisotopic (exact) mass is 341 g/mol. The van der Waals surface area contributed by atoms with Crippen molar-refractivity contribution in [3.05, 3.63) is 65.7 Å². The van der Waals surface area contributed by atoms with E-state index in [0.717, 1.165) is 49.7 Å². The molecule has 0 aromatic heterocycles. The molecular weight excluding hydrogens is 314 g/mol. The Morgan fingerprint density at radius 2 is 1.72 bits per heavy atom. The van der Waals surface area contributed by atoms with E-state index in [1.54, 1.807) is 7.11 Å². The Balaban J connectivity index is 1.90. The molecule has 2 aromatic rings. The van der Waals surface area contributed by atoms with E-state index >= 15 is 0 Å². The van der Waals surface area contributed by atoms with Crippen LogP contribution in [0.3, 0.4) is 0 Å². The molecule has 25 heavy (non-hydrogen) atoms. The number of hydrogen-bond donors (Lipinski definition) is 1. The van der Waals surface area contributed by atoms with Crippen LogP contribution in [0, 0.1) is 0 Å². The van der Waals surface area contributed by atoms with E-state index in [1.165, 1.54) is 0 Å². The summed E-state index contributed by atoms with van der Waals surface area (Å²) in [4.78, 5) is 2.37. The van der Waals surface area contributed by atoms with Gasteiger partial charge in [0.1, 0.15) is 5.75 Å². The molecule has 1 heterocycles. The average molecular weight is 341 g/mol. The molecule has 4 heteroatoms. The van der Waals surface area contributed by atoms with Crippen LogP contribution in [0.4, 0.5) is 0 Å². The summed E-state index contributed by atoms with van der Waals surface area (Å²) < 4.78 is 10.7. The molecule has 0 spiro atoms. The predicted molar refractivity (Wildman–Crippen MR) is 99.0 cm³/mol. The van der Waals surface area contributed by atoms with Gasteiger partial charge < -0.3 is 14.6 Å². The zero-order valence-electron chi connectivity index (χ0n) is 15.0. The summed E-state index contributed by atoms with van der Waals surface area (Å²) in [6.07, 6.45) is 0. The Morgan fingerprint density at radius 1 is 1.08 bits per heavy atom. The summed E-state index contributed by atoms with van der Waals surface area (Å²) in [6, 6.07) is 18.0. The van der Waals surface area contributed by atoms with E-state index in [4.69, 9.17) is 9.47 Å². The predicted octanol–water partition coefficient (Wildman–Crippen LogP) is 3.02. The minimum Gasteiger partial charge on any atom is -0.497 e. The molecule has 0 aliphatic carbocycles. The fourth-order valence-electron chi connectivity index (χ4n) is 3.46. The summed E-state index contributed by atoms with van der Waals surface area (Å²) in [6.45, 7) is 6.03. The average Bonchev–Trinajstić information content (AvgIpc) is 2.67. The molecule has 0 radical (unpaired) electrons. The van der Waals surface area contributed by atoms with Crippen LogP contribution < -0.4 is 4.74 Å². The summed E-state index contributed by atoms with van der Waals surface area (Å²) in [5.74, 6) is 0.768. The molecule has 0 amide bonds. The third kappa shape index (κ3) is 4.21. The SMILES string of the molecule is COc1ccc(C(C)(O)C(CN2CCOCC2)c2ccccc2)cc1. The Labute approximate surface area is 150 Å². The highest BCUT2D eigenvalue weighted by atomic mass is 16.5. The first kappa shape index (κ1) is 17.9. The van der Waals surface area contributed by atoms with E-state index in [0.29, 0.717) is 0 Å². The summed E-state index contributed by atoms with van der Waals surface area (Å²) in [7, 11) is 1.65. The van der Waals surface area contributed by atoms with Gasteiger partial charge in [-0.3, -0.25) is 4.90 Å². The largest absolute Gasteiger partial charge is 0.497 e. The molecule has 0 bridgehead atoms. The fourth-order valence-corrected chi connectivity index (χ4v) is 3.46. The summed E-state index contributed by atoms with van der Waals surface area (Å²) in [5, 5.41) is 11.5. The first-order valence-corrected chi connectivity index (χ1v) is 8.83. The van der Waals surface area contributed by atoms with E-state index in [9.17, 15) is 5.11 Å². The first-order chi connectivity index (χ1) is 12.1. The van der Waals surface area contributed by atoms with Gasteiger partial charge in [0.05, 0.1) is 25.9 Å². The molecule has 2 unspecified atom stereocenters. The van der Waals surface area contributed by atoms with Gasteiger partial charge in [0.2, 0.25) is 0 Å². The number of morpholine rings is 1. The lowest BCUT2D eigenvalue weighted by Gasteiger charge is -2.38. The highest BCUT2D eigenvalue weighted by molar-refractivity contribution is 5.35. The molecule has 1 saturated heterocycles. The highest BCUT2D eigenvalue weighted by Gasteiger charge is 2.36. The van der Waals surface area contributed by atoms with Crippen molar-refractivity contribution in [2.45, 2.75) is 18.4 Å². The van der Waals surface area contributed by atoms with Gasteiger partial charge in [0.15, 0.2) is 0 Å². The molecule has 2 aromatic carbocycles. The number of ether oxygens (including phenoxy) is 2. The first-order valence-electron chi connectivity index (χ1n) is 8.83. The van der Waals surface area contributed by atoms with Crippen LogP contribution in [0.15, 0.2) is 54.6 Å². The van der Waals surface area contributed by atoms with Crippen molar-refractivity contribution in [2.75, 3.05) is 40.0 Å². The van der Waals surface area contributed by atoms with Gasteiger partial charge in [-0.2, -0.15) is 0 Å². The molecule has 1 fully saturated rings. The molecule has 1 N–H and O–H groups in total. The molecule has 134 valence electrons. The van der Waals surface area contributed by atoms with Gasteiger partial charge in [0.25, 0.3) is 0 Å². The number of methoxy groups -OCH3 is 1. The van der Waals surface area contributed by atoms with E-state index < -0.39 is 5.60 Å². The molecule has 1 aliphatic rings. The molecule has 1 aliphatic heterocycles. The van der Waals surface area contributed by atoms with Crippen molar-refractivity contribution >= 4 is 0 Å². The second-order valence-corrected chi connectivity index (χ2v) is 6.75. The lowest BCUT2D eigenvalue weighted by Crippen LogP contribution is -2.43. The third-order valence-electron chi connectivity index (χ3n) is 5.10. The van der Waals surface area contributed by atoms with Gasteiger partial charge in [-0.05, 0) is 30.2 Å². The van der Waals surface area contributed by atoms with Gasteiger partial charge in [-0.25, -0.2) is 0 Å². The topological polar surface area (TPSA) is 41.9 Å². The Morgan fingerprint density at radius 3 is 2.32 bits per heavy atom. The van der Waals surface area contributed by atoms with Crippen LogP contribution in [0.5, 0.6) is 5.75 Å².